The van der Waals surface area contributed by atoms with Gasteiger partial charge in [-0.25, -0.2) is 8.42 Å². The molecule has 0 unspecified atom stereocenters. The number of hydrogen-bond acceptors (Lipinski definition) is 5. The third kappa shape index (κ3) is 5.98. The highest BCUT2D eigenvalue weighted by Crippen LogP contribution is 2.20. The van der Waals surface area contributed by atoms with Gasteiger partial charge >= 0.3 is 0 Å². The predicted octanol–water partition coefficient (Wildman–Crippen LogP) is 1.75. The molecule has 0 spiro atoms. The Hall–Kier alpha value is -3.07. The maximum atomic E-state index is 12.6. The molecule has 2 aromatic rings. The minimum absolute atomic E-state index is 0.0629. The number of benzene rings is 2. The second-order valence-electron chi connectivity index (χ2n) is 5.73. The molecule has 0 saturated heterocycles. The maximum Gasteiger partial charge on any atom is 0.261 e. The van der Waals surface area contributed by atoms with Crippen molar-refractivity contribution in [2.75, 3.05) is 24.4 Å². The first-order chi connectivity index (χ1) is 13.4. The Bertz CT molecular complexity index is 927. The summed E-state index contributed by atoms with van der Waals surface area (Å²) in [6.45, 7) is 4.41. The molecule has 0 aliphatic carbocycles. The smallest absolute Gasteiger partial charge is 0.261 e. The molecule has 0 aromatic heterocycles. The van der Waals surface area contributed by atoms with Crippen LogP contribution < -0.4 is 20.1 Å². The van der Waals surface area contributed by atoms with Gasteiger partial charge in [-0.05, 0) is 56.3 Å². The van der Waals surface area contributed by atoms with Gasteiger partial charge < -0.3 is 15.4 Å². The first kappa shape index (κ1) is 21.2. The van der Waals surface area contributed by atoms with Crippen LogP contribution in [0.25, 0.3) is 0 Å². The number of carbonyl (C=O) groups excluding carboxylic acids is 2. The van der Waals surface area contributed by atoms with Gasteiger partial charge in [0.15, 0.2) is 0 Å². The molecule has 150 valence electrons. The first-order valence-corrected chi connectivity index (χ1v) is 10.2. The van der Waals surface area contributed by atoms with Gasteiger partial charge in [0.05, 0.1) is 18.0 Å². The van der Waals surface area contributed by atoms with Crippen LogP contribution in [0.1, 0.15) is 24.2 Å². The molecule has 0 aliphatic heterocycles. The summed E-state index contributed by atoms with van der Waals surface area (Å²) >= 11 is 0. The Balaban J connectivity index is 2.10. The molecule has 0 atom stereocenters. The molecule has 9 heteroatoms. The lowest BCUT2D eigenvalue weighted by Crippen LogP contribution is -2.36. The number of likely N-dealkylation sites (N-methyl/N-ethyl adjacent to an activating group) is 1. The highest BCUT2D eigenvalue weighted by atomic mass is 32.2. The highest BCUT2D eigenvalue weighted by molar-refractivity contribution is 7.92. The van der Waals surface area contributed by atoms with Gasteiger partial charge in [-0.1, -0.05) is 6.07 Å². The quantitative estimate of drug-likeness (QED) is 0.588. The second-order valence-corrected chi connectivity index (χ2v) is 7.41. The number of ether oxygens (including phenoxy) is 1. The van der Waals surface area contributed by atoms with Crippen LogP contribution in [0.3, 0.4) is 0 Å². The van der Waals surface area contributed by atoms with Gasteiger partial charge in [-0.15, -0.1) is 0 Å². The van der Waals surface area contributed by atoms with E-state index in [0.29, 0.717) is 24.6 Å². The minimum Gasteiger partial charge on any atom is -0.494 e. The molecule has 8 nitrogen and oxygen atoms in total. The van der Waals surface area contributed by atoms with Crippen molar-refractivity contribution in [2.45, 2.75) is 18.7 Å². The fourth-order valence-electron chi connectivity index (χ4n) is 2.33. The summed E-state index contributed by atoms with van der Waals surface area (Å²) in [4.78, 5) is 23.5. The SMILES string of the molecule is CCNC(=O)CNC(=O)c1cccc(S(=O)(=O)Nc2ccc(OCC)cc2)c1. The molecular formula is C19H23N3O5S. The van der Waals surface area contributed by atoms with Crippen LogP contribution in [0, 0.1) is 0 Å². The zero-order valence-corrected chi connectivity index (χ0v) is 16.5. The standard InChI is InChI=1S/C19H23N3O5S/c1-3-20-18(23)13-21-19(24)14-6-5-7-17(12-14)28(25,26)22-15-8-10-16(11-9-15)27-4-2/h5-12,22H,3-4,13H2,1-2H3,(H,20,23)(H,21,24). The fraction of sp³-hybridized carbons (Fsp3) is 0.263. The molecular weight excluding hydrogens is 382 g/mol. The first-order valence-electron chi connectivity index (χ1n) is 8.76. The molecule has 2 rings (SSSR count). The summed E-state index contributed by atoms with van der Waals surface area (Å²) < 4.78 is 33.0. The van der Waals surface area contributed by atoms with E-state index < -0.39 is 15.9 Å². The van der Waals surface area contributed by atoms with Crippen molar-refractivity contribution in [3.63, 3.8) is 0 Å². The molecule has 0 aliphatic rings. The Kier molecular flexibility index (Phi) is 7.39. The molecule has 2 amide bonds. The van der Waals surface area contributed by atoms with E-state index in [-0.39, 0.29) is 22.9 Å². The van der Waals surface area contributed by atoms with Crippen molar-refractivity contribution in [1.29, 1.82) is 0 Å². The lowest BCUT2D eigenvalue weighted by Gasteiger charge is -2.10. The van der Waals surface area contributed by atoms with E-state index in [9.17, 15) is 18.0 Å². The molecule has 0 saturated carbocycles. The summed E-state index contributed by atoms with van der Waals surface area (Å²) in [6.07, 6.45) is 0. The van der Waals surface area contributed by atoms with E-state index in [4.69, 9.17) is 4.74 Å². The number of carbonyl (C=O) groups is 2. The summed E-state index contributed by atoms with van der Waals surface area (Å²) in [7, 11) is -3.88. The molecule has 0 fully saturated rings. The molecule has 2 aromatic carbocycles. The van der Waals surface area contributed by atoms with Crippen molar-refractivity contribution in [3.8, 4) is 5.75 Å². The lowest BCUT2D eigenvalue weighted by molar-refractivity contribution is -0.120. The van der Waals surface area contributed by atoms with Crippen molar-refractivity contribution in [2.24, 2.45) is 0 Å². The van der Waals surface area contributed by atoms with Crippen LogP contribution in [-0.2, 0) is 14.8 Å². The minimum atomic E-state index is -3.88. The zero-order chi connectivity index (χ0) is 20.6. The van der Waals surface area contributed by atoms with Crippen LogP contribution in [-0.4, -0.2) is 39.9 Å². The molecule has 3 N–H and O–H groups in total. The van der Waals surface area contributed by atoms with Crippen molar-refractivity contribution < 1.29 is 22.7 Å². The van der Waals surface area contributed by atoms with E-state index in [2.05, 4.69) is 15.4 Å². The Labute approximate surface area is 164 Å². The van der Waals surface area contributed by atoms with E-state index in [0.717, 1.165) is 0 Å². The molecule has 28 heavy (non-hydrogen) atoms. The van der Waals surface area contributed by atoms with Crippen LogP contribution in [0.15, 0.2) is 53.4 Å². The second kappa shape index (κ2) is 9.75. The van der Waals surface area contributed by atoms with E-state index in [1.807, 2.05) is 6.92 Å². The largest absolute Gasteiger partial charge is 0.494 e. The topological polar surface area (TPSA) is 114 Å². The predicted molar refractivity (Wildman–Crippen MR) is 106 cm³/mol. The number of rotatable bonds is 9. The summed E-state index contributed by atoms with van der Waals surface area (Å²) in [6, 6.07) is 12.1. The number of nitrogens with one attached hydrogen (secondary N) is 3. The monoisotopic (exact) mass is 405 g/mol. The van der Waals surface area contributed by atoms with Gasteiger partial charge in [0.2, 0.25) is 5.91 Å². The summed E-state index contributed by atoms with van der Waals surface area (Å²) in [5.74, 6) is -0.225. The average molecular weight is 405 g/mol. The Morgan fingerprint density at radius 2 is 1.71 bits per heavy atom. The number of sulfonamides is 1. The maximum absolute atomic E-state index is 12.6. The van der Waals surface area contributed by atoms with Gasteiger partial charge in [-0.3, -0.25) is 14.3 Å². The van der Waals surface area contributed by atoms with E-state index in [1.54, 1.807) is 31.2 Å². The van der Waals surface area contributed by atoms with Gasteiger partial charge in [-0.2, -0.15) is 0 Å². The zero-order valence-electron chi connectivity index (χ0n) is 15.7. The van der Waals surface area contributed by atoms with Gasteiger partial charge in [0.1, 0.15) is 5.75 Å². The van der Waals surface area contributed by atoms with E-state index >= 15 is 0 Å². The van der Waals surface area contributed by atoms with Crippen LogP contribution in [0.4, 0.5) is 5.69 Å². The highest BCUT2D eigenvalue weighted by Gasteiger charge is 2.17. The summed E-state index contributed by atoms with van der Waals surface area (Å²) in [5, 5.41) is 5.01. The van der Waals surface area contributed by atoms with Crippen LogP contribution >= 0.6 is 0 Å². The van der Waals surface area contributed by atoms with Crippen molar-refractivity contribution in [3.05, 3.63) is 54.1 Å². The van der Waals surface area contributed by atoms with Gasteiger partial charge in [0.25, 0.3) is 15.9 Å². The normalized spacial score (nSPS) is 10.8. The summed E-state index contributed by atoms with van der Waals surface area (Å²) in [5.41, 5.74) is 0.508. The Morgan fingerprint density at radius 1 is 1.00 bits per heavy atom. The van der Waals surface area contributed by atoms with Crippen LogP contribution in [0.2, 0.25) is 0 Å². The van der Waals surface area contributed by atoms with E-state index in [1.165, 1.54) is 24.3 Å². The molecule has 0 bridgehead atoms. The Morgan fingerprint density at radius 3 is 2.36 bits per heavy atom. The average Bonchev–Trinajstić information content (AvgIpc) is 2.68. The number of anilines is 1. The number of hydrogen-bond donors (Lipinski definition) is 3. The third-order valence-corrected chi connectivity index (χ3v) is 4.99. The molecule has 0 heterocycles. The van der Waals surface area contributed by atoms with Crippen molar-refractivity contribution >= 4 is 27.5 Å². The lowest BCUT2D eigenvalue weighted by atomic mass is 10.2. The number of amides is 2. The van der Waals surface area contributed by atoms with Crippen molar-refractivity contribution in [1.82, 2.24) is 10.6 Å². The third-order valence-electron chi connectivity index (χ3n) is 3.61. The fourth-order valence-corrected chi connectivity index (χ4v) is 3.43. The molecule has 0 radical (unpaired) electrons. The van der Waals surface area contributed by atoms with Gasteiger partial charge in [0, 0.05) is 17.8 Å². The van der Waals surface area contributed by atoms with Crippen LogP contribution in [0.5, 0.6) is 5.75 Å².